The molecule has 1 aliphatic rings. The maximum atomic E-state index is 8.98. The SMILES string of the molecule is OCc1ccc(-c2nc([C@H]3CCOC3)no2)cc1. The Hall–Kier alpha value is -1.72. The van der Waals surface area contributed by atoms with E-state index in [9.17, 15) is 0 Å². The van der Waals surface area contributed by atoms with E-state index in [4.69, 9.17) is 14.4 Å². The van der Waals surface area contributed by atoms with E-state index in [0.717, 1.165) is 24.2 Å². The van der Waals surface area contributed by atoms with Crippen LogP contribution in [0.15, 0.2) is 28.8 Å². The molecule has 94 valence electrons. The summed E-state index contributed by atoms with van der Waals surface area (Å²) >= 11 is 0. The Morgan fingerprint density at radius 1 is 1.28 bits per heavy atom. The minimum atomic E-state index is 0.0365. The van der Waals surface area contributed by atoms with E-state index in [2.05, 4.69) is 10.1 Å². The Balaban J connectivity index is 1.82. The molecule has 2 aromatic rings. The van der Waals surface area contributed by atoms with Crippen LogP contribution in [0, 0.1) is 0 Å². The van der Waals surface area contributed by atoms with Crippen LogP contribution in [0.5, 0.6) is 0 Å². The van der Waals surface area contributed by atoms with Crippen LogP contribution in [0.1, 0.15) is 23.7 Å². The van der Waals surface area contributed by atoms with Crippen molar-refractivity contribution in [1.82, 2.24) is 10.1 Å². The highest BCUT2D eigenvalue weighted by Crippen LogP contribution is 2.25. The van der Waals surface area contributed by atoms with Crippen LogP contribution >= 0.6 is 0 Å². The van der Waals surface area contributed by atoms with Crippen molar-refractivity contribution in [3.05, 3.63) is 35.7 Å². The Morgan fingerprint density at radius 3 is 2.78 bits per heavy atom. The Morgan fingerprint density at radius 2 is 2.11 bits per heavy atom. The molecule has 1 atom stereocenters. The number of benzene rings is 1. The monoisotopic (exact) mass is 246 g/mol. The van der Waals surface area contributed by atoms with Crippen molar-refractivity contribution in [2.75, 3.05) is 13.2 Å². The normalized spacial score (nSPS) is 19.3. The van der Waals surface area contributed by atoms with Crippen LogP contribution in [0.4, 0.5) is 0 Å². The molecule has 0 radical (unpaired) electrons. The molecule has 1 fully saturated rings. The van der Waals surface area contributed by atoms with Gasteiger partial charge in [-0.25, -0.2) is 0 Å². The number of aliphatic hydroxyl groups is 1. The van der Waals surface area contributed by atoms with Gasteiger partial charge in [-0.1, -0.05) is 17.3 Å². The van der Waals surface area contributed by atoms with E-state index in [0.29, 0.717) is 18.3 Å². The minimum absolute atomic E-state index is 0.0365. The van der Waals surface area contributed by atoms with E-state index in [1.54, 1.807) is 0 Å². The van der Waals surface area contributed by atoms with Gasteiger partial charge < -0.3 is 14.4 Å². The first-order chi connectivity index (χ1) is 8.86. The fourth-order valence-corrected chi connectivity index (χ4v) is 2.01. The number of aromatic nitrogens is 2. The third kappa shape index (κ3) is 2.14. The van der Waals surface area contributed by atoms with Gasteiger partial charge in [0.15, 0.2) is 5.82 Å². The predicted octanol–water partition coefficient (Wildman–Crippen LogP) is 1.73. The zero-order valence-corrected chi connectivity index (χ0v) is 9.87. The molecule has 1 saturated heterocycles. The first-order valence-electron chi connectivity index (χ1n) is 5.98. The quantitative estimate of drug-likeness (QED) is 0.893. The summed E-state index contributed by atoms with van der Waals surface area (Å²) in [6.45, 7) is 1.47. The van der Waals surface area contributed by atoms with Crippen LogP contribution < -0.4 is 0 Å². The van der Waals surface area contributed by atoms with Gasteiger partial charge in [0.1, 0.15) is 0 Å². The van der Waals surface area contributed by atoms with Crippen molar-refractivity contribution < 1.29 is 14.4 Å². The molecule has 0 bridgehead atoms. The van der Waals surface area contributed by atoms with Gasteiger partial charge in [0, 0.05) is 18.1 Å². The van der Waals surface area contributed by atoms with Crippen molar-refractivity contribution in [1.29, 1.82) is 0 Å². The third-order valence-electron chi connectivity index (χ3n) is 3.12. The number of hydrogen-bond donors (Lipinski definition) is 1. The summed E-state index contributed by atoms with van der Waals surface area (Å²) in [5, 5.41) is 13.0. The zero-order valence-electron chi connectivity index (χ0n) is 9.87. The van der Waals surface area contributed by atoms with Gasteiger partial charge in [-0.15, -0.1) is 0 Å². The van der Waals surface area contributed by atoms with E-state index in [1.807, 2.05) is 24.3 Å². The van der Waals surface area contributed by atoms with Gasteiger partial charge >= 0.3 is 0 Å². The molecule has 5 nitrogen and oxygen atoms in total. The van der Waals surface area contributed by atoms with Gasteiger partial charge in [0.05, 0.1) is 13.2 Å². The summed E-state index contributed by atoms with van der Waals surface area (Å²) in [7, 11) is 0. The second kappa shape index (κ2) is 4.88. The van der Waals surface area contributed by atoms with Gasteiger partial charge in [-0.3, -0.25) is 0 Å². The van der Waals surface area contributed by atoms with Crippen molar-refractivity contribution in [2.45, 2.75) is 18.9 Å². The van der Waals surface area contributed by atoms with E-state index in [1.165, 1.54) is 0 Å². The lowest BCUT2D eigenvalue weighted by Gasteiger charge is -1.98. The van der Waals surface area contributed by atoms with Crippen LogP contribution in [0.3, 0.4) is 0 Å². The molecule has 1 aromatic carbocycles. The highest BCUT2D eigenvalue weighted by Gasteiger charge is 2.23. The summed E-state index contributed by atoms with van der Waals surface area (Å²) in [4.78, 5) is 4.40. The smallest absolute Gasteiger partial charge is 0.257 e. The van der Waals surface area contributed by atoms with Gasteiger partial charge in [-0.2, -0.15) is 4.98 Å². The molecule has 1 aromatic heterocycles. The third-order valence-corrected chi connectivity index (χ3v) is 3.12. The molecule has 5 heteroatoms. The first kappa shape index (κ1) is 11.4. The van der Waals surface area contributed by atoms with E-state index in [-0.39, 0.29) is 12.5 Å². The zero-order chi connectivity index (χ0) is 12.4. The van der Waals surface area contributed by atoms with Crippen LogP contribution in [-0.4, -0.2) is 28.5 Å². The molecule has 2 heterocycles. The largest absolute Gasteiger partial charge is 0.392 e. The lowest BCUT2D eigenvalue weighted by atomic mass is 10.1. The minimum Gasteiger partial charge on any atom is -0.392 e. The average Bonchev–Trinajstić information content (AvgIpc) is 3.09. The number of aliphatic hydroxyl groups excluding tert-OH is 1. The van der Waals surface area contributed by atoms with Crippen LogP contribution in [0.25, 0.3) is 11.5 Å². The maximum absolute atomic E-state index is 8.98. The molecule has 1 aliphatic heterocycles. The lowest BCUT2D eigenvalue weighted by molar-refractivity contribution is 0.192. The summed E-state index contributed by atoms with van der Waals surface area (Å²) in [5.74, 6) is 1.48. The molecule has 0 amide bonds. The second-order valence-electron chi connectivity index (χ2n) is 4.37. The molecule has 0 spiro atoms. The van der Waals surface area contributed by atoms with Crippen molar-refractivity contribution >= 4 is 0 Å². The van der Waals surface area contributed by atoms with Crippen LogP contribution in [-0.2, 0) is 11.3 Å². The number of ether oxygens (including phenoxy) is 1. The van der Waals surface area contributed by atoms with Crippen LogP contribution in [0.2, 0.25) is 0 Å². The first-order valence-corrected chi connectivity index (χ1v) is 5.98. The molecule has 18 heavy (non-hydrogen) atoms. The Labute approximate surface area is 104 Å². The standard InChI is InChI=1S/C13H14N2O3/c16-7-9-1-3-10(4-2-9)13-14-12(15-18-13)11-5-6-17-8-11/h1-4,11,16H,5-8H2/t11-/m0/s1. The topological polar surface area (TPSA) is 68.4 Å². The molecular formula is C13H14N2O3. The number of nitrogens with zero attached hydrogens (tertiary/aromatic N) is 2. The Bertz CT molecular complexity index is 515. The molecule has 3 rings (SSSR count). The summed E-state index contributed by atoms with van der Waals surface area (Å²) in [6, 6.07) is 7.43. The van der Waals surface area contributed by atoms with Gasteiger partial charge in [-0.05, 0) is 24.1 Å². The van der Waals surface area contributed by atoms with Crippen molar-refractivity contribution in [3.63, 3.8) is 0 Å². The van der Waals surface area contributed by atoms with Gasteiger partial charge in [0.2, 0.25) is 0 Å². The van der Waals surface area contributed by atoms with Gasteiger partial charge in [0.25, 0.3) is 5.89 Å². The lowest BCUT2D eigenvalue weighted by Crippen LogP contribution is -1.99. The second-order valence-corrected chi connectivity index (χ2v) is 4.37. The highest BCUT2D eigenvalue weighted by molar-refractivity contribution is 5.53. The highest BCUT2D eigenvalue weighted by atomic mass is 16.5. The summed E-state index contributed by atoms with van der Waals surface area (Å²) in [5.41, 5.74) is 1.73. The van der Waals surface area contributed by atoms with Crippen molar-refractivity contribution in [3.8, 4) is 11.5 Å². The maximum Gasteiger partial charge on any atom is 0.257 e. The molecule has 0 saturated carbocycles. The summed E-state index contributed by atoms with van der Waals surface area (Å²) < 4.78 is 10.6. The fraction of sp³-hybridized carbons (Fsp3) is 0.385. The predicted molar refractivity (Wildman–Crippen MR) is 63.8 cm³/mol. The average molecular weight is 246 g/mol. The molecule has 0 aliphatic carbocycles. The summed E-state index contributed by atoms with van der Waals surface area (Å²) in [6.07, 6.45) is 0.947. The van der Waals surface area contributed by atoms with E-state index < -0.39 is 0 Å². The van der Waals surface area contributed by atoms with E-state index >= 15 is 0 Å². The van der Waals surface area contributed by atoms with Crippen molar-refractivity contribution in [2.24, 2.45) is 0 Å². The number of rotatable bonds is 3. The molecule has 0 unspecified atom stereocenters. The fourth-order valence-electron chi connectivity index (χ4n) is 2.01. The Kier molecular flexibility index (Phi) is 3.08. The molecule has 1 N–H and O–H groups in total. The number of hydrogen-bond acceptors (Lipinski definition) is 5. The molecular weight excluding hydrogens is 232 g/mol.